The molecule has 0 atom stereocenters. The smallest absolute Gasteiger partial charge is 0.160 e. The zero-order chi connectivity index (χ0) is 12.0. The average Bonchev–Trinajstić information content (AvgIpc) is 2.28. The van der Waals surface area contributed by atoms with Crippen LogP contribution in [0.1, 0.15) is 50.7 Å². The van der Waals surface area contributed by atoms with Crippen LogP contribution >= 0.6 is 0 Å². The molecule has 0 amide bonds. The summed E-state index contributed by atoms with van der Waals surface area (Å²) in [5.41, 5.74) is 2.12. The molecule has 2 N–H and O–H groups in total. The molecule has 2 nitrogen and oxygen atoms in total. The van der Waals surface area contributed by atoms with Crippen molar-refractivity contribution >= 4 is 0 Å². The summed E-state index contributed by atoms with van der Waals surface area (Å²) in [6, 6.07) is 3.52. The maximum absolute atomic E-state index is 9.85. The number of hydrogen-bond acceptors (Lipinski definition) is 2. The topological polar surface area (TPSA) is 40.5 Å². The molecular weight excluding hydrogens is 200 g/mol. The molecule has 0 fully saturated rings. The van der Waals surface area contributed by atoms with Crippen molar-refractivity contribution in [1.29, 1.82) is 0 Å². The molecule has 0 aromatic heterocycles. The minimum Gasteiger partial charge on any atom is -0.504 e. The normalized spacial score (nSPS) is 10.6. The standard InChI is InChI=1S/C14H22O2/c1-3-5-6-8-12-11(7-4-2)9-10-13(15)14(12)16/h9-10,15-16H,3-8H2,1-2H3. The van der Waals surface area contributed by atoms with Crippen molar-refractivity contribution in [2.45, 2.75) is 52.4 Å². The van der Waals surface area contributed by atoms with Gasteiger partial charge in [-0.05, 0) is 30.9 Å². The van der Waals surface area contributed by atoms with Gasteiger partial charge in [-0.1, -0.05) is 39.2 Å². The van der Waals surface area contributed by atoms with Gasteiger partial charge in [0, 0.05) is 5.56 Å². The van der Waals surface area contributed by atoms with Crippen molar-refractivity contribution in [3.05, 3.63) is 23.3 Å². The first-order valence-corrected chi connectivity index (χ1v) is 6.23. The van der Waals surface area contributed by atoms with Crippen LogP contribution in [0.5, 0.6) is 11.5 Å². The van der Waals surface area contributed by atoms with E-state index in [-0.39, 0.29) is 11.5 Å². The van der Waals surface area contributed by atoms with Crippen molar-refractivity contribution in [1.82, 2.24) is 0 Å². The van der Waals surface area contributed by atoms with Crippen LogP contribution in [0.4, 0.5) is 0 Å². The summed E-state index contributed by atoms with van der Waals surface area (Å²) in [5.74, 6) is 0.0911. The molecule has 90 valence electrons. The van der Waals surface area contributed by atoms with Gasteiger partial charge in [-0.2, -0.15) is 0 Å². The first-order chi connectivity index (χ1) is 7.70. The number of unbranched alkanes of at least 4 members (excludes halogenated alkanes) is 2. The molecule has 1 aromatic carbocycles. The number of benzene rings is 1. The van der Waals surface area contributed by atoms with Gasteiger partial charge in [-0.15, -0.1) is 0 Å². The molecule has 0 spiro atoms. The van der Waals surface area contributed by atoms with Crippen LogP contribution in [0, 0.1) is 0 Å². The minimum absolute atomic E-state index is 0.00588. The molecule has 0 aliphatic rings. The summed E-state index contributed by atoms with van der Waals surface area (Å²) in [7, 11) is 0. The van der Waals surface area contributed by atoms with Crippen LogP contribution in [0.2, 0.25) is 0 Å². The van der Waals surface area contributed by atoms with Crippen LogP contribution in [-0.2, 0) is 12.8 Å². The van der Waals surface area contributed by atoms with Crippen LogP contribution in [0.3, 0.4) is 0 Å². The van der Waals surface area contributed by atoms with Gasteiger partial charge in [-0.3, -0.25) is 0 Å². The second kappa shape index (κ2) is 6.41. The lowest BCUT2D eigenvalue weighted by molar-refractivity contribution is 0.397. The molecule has 1 aromatic rings. The highest BCUT2D eigenvalue weighted by Gasteiger charge is 2.11. The number of aryl methyl sites for hydroxylation is 1. The number of aromatic hydroxyl groups is 2. The minimum atomic E-state index is 0.00588. The van der Waals surface area contributed by atoms with E-state index in [0.717, 1.165) is 31.2 Å². The summed E-state index contributed by atoms with van der Waals surface area (Å²) < 4.78 is 0. The molecule has 0 saturated carbocycles. The van der Waals surface area contributed by atoms with Gasteiger partial charge in [-0.25, -0.2) is 0 Å². The second-order valence-corrected chi connectivity index (χ2v) is 4.28. The molecule has 0 unspecified atom stereocenters. The SMILES string of the molecule is CCCCCc1c(CCC)ccc(O)c1O. The second-order valence-electron chi connectivity index (χ2n) is 4.28. The van der Waals surface area contributed by atoms with E-state index < -0.39 is 0 Å². The maximum atomic E-state index is 9.85. The highest BCUT2D eigenvalue weighted by molar-refractivity contribution is 5.49. The van der Waals surface area contributed by atoms with Crippen molar-refractivity contribution in [3.8, 4) is 11.5 Å². The van der Waals surface area contributed by atoms with E-state index in [1.54, 1.807) is 6.07 Å². The quantitative estimate of drug-likeness (QED) is 0.568. The van der Waals surface area contributed by atoms with Gasteiger partial charge >= 0.3 is 0 Å². The highest BCUT2D eigenvalue weighted by atomic mass is 16.3. The van der Waals surface area contributed by atoms with Gasteiger partial charge in [0.15, 0.2) is 11.5 Å². The number of rotatable bonds is 6. The van der Waals surface area contributed by atoms with Gasteiger partial charge in [0.05, 0.1) is 0 Å². The first-order valence-electron chi connectivity index (χ1n) is 6.23. The Morgan fingerprint density at radius 3 is 2.31 bits per heavy atom. The Balaban J connectivity index is 2.87. The summed E-state index contributed by atoms with van der Waals surface area (Å²) in [6.07, 6.45) is 6.30. The predicted octanol–water partition coefficient (Wildman–Crippen LogP) is 3.78. The lowest BCUT2D eigenvalue weighted by atomic mass is 9.97. The van der Waals surface area contributed by atoms with E-state index in [1.807, 2.05) is 6.07 Å². The Kier molecular flexibility index (Phi) is 5.17. The van der Waals surface area contributed by atoms with Crippen LogP contribution in [0.25, 0.3) is 0 Å². The van der Waals surface area contributed by atoms with Crippen molar-refractivity contribution in [2.24, 2.45) is 0 Å². The van der Waals surface area contributed by atoms with Crippen LogP contribution < -0.4 is 0 Å². The fraction of sp³-hybridized carbons (Fsp3) is 0.571. The van der Waals surface area contributed by atoms with Gasteiger partial charge in [0.2, 0.25) is 0 Å². The molecular formula is C14H22O2. The lowest BCUT2D eigenvalue weighted by Gasteiger charge is -2.12. The summed E-state index contributed by atoms with van der Waals surface area (Å²) >= 11 is 0. The molecule has 0 radical (unpaired) electrons. The van der Waals surface area contributed by atoms with Crippen molar-refractivity contribution < 1.29 is 10.2 Å². The zero-order valence-electron chi connectivity index (χ0n) is 10.3. The average molecular weight is 222 g/mol. The largest absolute Gasteiger partial charge is 0.504 e. The van der Waals surface area contributed by atoms with E-state index in [0.29, 0.717) is 0 Å². The van der Waals surface area contributed by atoms with Crippen molar-refractivity contribution in [2.75, 3.05) is 0 Å². The summed E-state index contributed by atoms with van der Waals surface area (Å²) in [6.45, 7) is 4.29. The van der Waals surface area contributed by atoms with Gasteiger partial charge < -0.3 is 10.2 Å². The maximum Gasteiger partial charge on any atom is 0.160 e. The van der Waals surface area contributed by atoms with E-state index in [9.17, 15) is 10.2 Å². The molecule has 0 aliphatic heterocycles. The third-order valence-corrected chi connectivity index (χ3v) is 2.91. The van der Waals surface area contributed by atoms with E-state index in [4.69, 9.17) is 0 Å². The molecule has 1 rings (SSSR count). The Morgan fingerprint density at radius 2 is 1.69 bits per heavy atom. The zero-order valence-corrected chi connectivity index (χ0v) is 10.3. The molecule has 0 heterocycles. The first kappa shape index (κ1) is 12.9. The Hall–Kier alpha value is -1.18. The highest BCUT2D eigenvalue weighted by Crippen LogP contribution is 2.33. The Morgan fingerprint density at radius 1 is 0.938 bits per heavy atom. The van der Waals surface area contributed by atoms with Gasteiger partial charge in [0.1, 0.15) is 0 Å². The third-order valence-electron chi connectivity index (χ3n) is 2.91. The monoisotopic (exact) mass is 222 g/mol. The van der Waals surface area contributed by atoms with E-state index in [1.165, 1.54) is 18.4 Å². The number of phenolic OH excluding ortho intramolecular Hbond substituents is 2. The van der Waals surface area contributed by atoms with Crippen LogP contribution in [0.15, 0.2) is 12.1 Å². The fourth-order valence-electron chi connectivity index (χ4n) is 2.00. The molecule has 2 heteroatoms. The summed E-state index contributed by atoms with van der Waals surface area (Å²) in [4.78, 5) is 0. The third kappa shape index (κ3) is 3.16. The lowest BCUT2D eigenvalue weighted by Crippen LogP contribution is -1.95. The fourth-order valence-corrected chi connectivity index (χ4v) is 2.00. The molecule has 16 heavy (non-hydrogen) atoms. The summed E-state index contributed by atoms with van der Waals surface area (Å²) in [5, 5.41) is 19.4. The van der Waals surface area contributed by atoms with Crippen molar-refractivity contribution in [3.63, 3.8) is 0 Å². The Bertz CT molecular complexity index is 332. The molecule has 0 saturated heterocycles. The van der Waals surface area contributed by atoms with Crippen LogP contribution in [-0.4, -0.2) is 10.2 Å². The number of phenols is 2. The van der Waals surface area contributed by atoms with E-state index >= 15 is 0 Å². The molecule has 0 bridgehead atoms. The van der Waals surface area contributed by atoms with E-state index in [2.05, 4.69) is 13.8 Å². The molecule has 0 aliphatic carbocycles. The van der Waals surface area contributed by atoms with Gasteiger partial charge in [0.25, 0.3) is 0 Å². The predicted molar refractivity (Wildman–Crippen MR) is 67.0 cm³/mol. The Labute approximate surface area is 97.9 Å². The number of hydrogen-bond donors (Lipinski definition) is 2.